The van der Waals surface area contributed by atoms with Crippen molar-refractivity contribution in [2.75, 3.05) is 5.73 Å². The number of hydrogen-bond donors (Lipinski definition) is 1. The molecule has 0 atom stereocenters. The Morgan fingerprint density at radius 1 is 1.05 bits per heavy atom. The third-order valence-electron chi connectivity index (χ3n) is 3.01. The van der Waals surface area contributed by atoms with Gasteiger partial charge >= 0.3 is 0 Å². The fraction of sp³-hybridized carbons (Fsp3) is 0.125. The maximum absolute atomic E-state index is 5.66. The highest BCUT2D eigenvalue weighted by Gasteiger charge is 2.08. The van der Waals surface area contributed by atoms with Crippen LogP contribution in [0.2, 0.25) is 0 Å². The summed E-state index contributed by atoms with van der Waals surface area (Å²) < 4.78 is 5.30. The Morgan fingerprint density at radius 3 is 2.48 bits per heavy atom. The number of hydrogen-bond acceptors (Lipinski definition) is 5. The van der Waals surface area contributed by atoms with Gasteiger partial charge < -0.3 is 10.3 Å². The maximum atomic E-state index is 5.66. The minimum atomic E-state index is 0.558. The molecule has 5 heteroatoms. The maximum Gasteiger partial charge on any atom is 0.257 e. The predicted molar refractivity (Wildman–Crippen MR) is 84.9 cm³/mol. The molecular weight excluding hydrogens is 282 g/mol. The molecule has 0 aliphatic rings. The molecule has 0 bridgehead atoms. The molecule has 0 radical (unpaired) electrons. The molecule has 2 aromatic carbocycles. The van der Waals surface area contributed by atoms with Gasteiger partial charge in [0.05, 0.1) is 5.75 Å². The molecular formula is C16H15N3OS. The Labute approximate surface area is 127 Å². The Hall–Kier alpha value is -2.27. The van der Waals surface area contributed by atoms with Crippen LogP contribution in [0.25, 0.3) is 11.5 Å². The number of nitrogens with two attached hydrogens (primary N) is 1. The molecule has 3 rings (SSSR count). The van der Waals surface area contributed by atoms with E-state index in [1.807, 2.05) is 55.5 Å². The van der Waals surface area contributed by atoms with Gasteiger partial charge in [0.2, 0.25) is 0 Å². The highest BCUT2D eigenvalue weighted by molar-refractivity contribution is 7.98. The summed E-state index contributed by atoms with van der Waals surface area (Å²) in [4.78, 5) is 5.55. The zero-order chi connectivity index (χ0) is 14.7. The summed E-state index contributed by atoms with van der Waals surface area (Å²) in [6, 6.07) is 15.8. The molecule has 4 nitrogen and oxygen atoms in total. The molecule has 0 aliphatic heterocycles. The number of aromatic nitrogens is 2. The van der Waals surface area contributed by atoms with Crippen LogP contribution in [0.3, 0.4) is 0 Å². The van der Waals surface area contributed by atoms with Gasteiger partial charge in [-0.15, -0.1) is 11.8 Å². The molecule has 0 spiro atoms. The molecule has 1 aromatic heterocycles. The van der Waals surface area contributed by atoms with Crippen molar-refractivity contribution >= 4 is 17.4 Å². The van der Waals surface area contributed by atoms with Crippen LogP contribution >= 0.6 is 11.8 Å². The average molecular weight is 297 g/mol. The number of anilines is 1. The first kappa shape index (κ1) is 13.7. The summed E-state index contributed by atoms with van der Waals surface area (Å²) in [6.07, 6.45) is 0. The van der Waals surface area contributed by atoms with E-state index in [9.17, 15) is 0 Å². The lowest BCUT2D eigenvalue weighted by atomic mass is 10.1. The number of nitrogens with zero attached hydrogens (tertiary/aromatic N) is 2. The number of thioether (sulfide) groups is 1. The number of nitrogen functional groups attached to an aromatic ring is 1. The Bertz CT molecular complexity index is 720. The lowest BCUT2D eigenvalue weighted by molar-refractivity contribution is 0.425. The quantitative estimate of drug-likeness (QED) is 0.584. The molecule has 0 amide bonds. The normalized spacial score (nSPS) is 10.7. The van der Waals surface area contributed by atoms with Gasteiger partial charge in [0, 0.05) is 16.1 Å². The second-order valence-corrected chi connectivity index (χ2v) is 5.79. The Kier molecular flexibility index (Phi) is 3.92. The summed E-state index contributed by atoms with van der Waals surface area (Å²) in [5.41, 5.74) is 8.58. The highest BCUT2D eigenvalue weighted by atomic mass is 32.2. The molecule has 1 heterocycles. The monoisotopic (exact) mass is 297 g/mol. The van der Waals surface area contributed by atoms with Gasteiger partial charge in [0.1, 0.15) is 0 Å². The molecule has 0 fully saturated rings. The van der Waals surface area contributed by atoms with Crippen molar-refractivity contribution in [3.63, 3.8) is 0 Å². The van der Waals surface area contributed by atoms with Gasteiger partial charge in [0.25, 0.3) is 5.89 Å². The van der Waals surface area contributed by atoms with Crippen LogP contribution in [-0.4, -0.2) is 10.1 Å². The molecule has 0 saturated carbocycles. The van der Waals surface area contributed by atoms with E-state index in [-0.39, 0.29) is 0 Å². The van der Waals surface area contributed by atoms with Gasteiger partial charge in [-0.3, -0.25) is 0 Å². The van der Waals surface area contributed by atoms with Gasteiger partial charge in [-0.05, 0) is 43.3 Å². The third-order valence-corrected chi connectivity index (χ3v) is 4.02. The second-order valence-electron chi connectivity index (χ2n) is 4.74. The molecule has 3 aromatic rings. The molecule has 2 N–H and O–H groups in total. The molecule has 21 heavy (non-hydrogen) atoms. The fourth-order valence-electron chi connectivity index (χ4n) is 1.84. The standard InChI is InChI=1S/C16H15N3OS/c1-11-2-4-12(5-3-11)16-18-15(19-20-16)10-21-14-8-6-13(17)7-9-14/h2-9H,10,17H2,1H3. The Morgan fingerprint density at radius 2 is 1.76 bits per heavy atom. The fourth-order valence-corrected chi connectivity index (χ4v) is 2.58. The Balaban J connectivity index is 1.67. The van der Waals surface area contributed by atoms with E-state index in [0.29, 0.717) is 17.5 Å². The van der Waals surface area contributed by atoms with Crippen molar-refractivity contribution in [1.82, 2.24) is 10.1 Å². The van der Waals surface area contributed by atoms with E-state index >= 15 is 0 Å². The van der Waals surface area contributed by atoms with Crippen molar-refractivity contribution in [1.29, 1.82) is 0 Å². The largest absolute Gasteiger partial charge is 0.399 e. The molecule has 106 valence electrons. The number of benzene rings is 2. The first-order valence-electron chi connectivity index (χ1n) is 6.59. The summed E-state index contributed by atoms with van der Waals surface area (Å²) >= 11 is 1.65. The van der Waals surface area contributed by atoms with E-state index < -0.39 is 0 Å². The van der Waals surface area contributed by atoms with Crippen LogP contribution in [0.4, 0.5) is 5.69 Å². The SMILES string of the molecule is Cc1ccc(-c2nc(CSc3ccc(N)cc3)no2)cc1. The van der Waals surface area contributed by atoms with Gasteiger partial charge in [-0.2, -0.15) is 4.98 Å². The van der Waals surface area contributed by atoms with Crippen molar-refractivity contribution in [3.8, 4) is 11.5 Å². The van der Waals surface area contributed by atoms with Crippen molar-refractivity contribution in [2.24, 2.45) is 0 Å². The number of rotatable bonds is 4. The first-order valence-corrected chi connectivity index (χ1v) is 7.57. The van der Waals surface area contributed by atoms with Crippen LogP contribution < -0.4 is 5.73 Å². The van der Waals surface area contributed by atoms with E-state index in [1.165, 1.54) is 5.56 Å². The molecule has 0 aliphatic carbocycles. The van der Waals surface area contributed by atoms with Gasteiger partial charge in [0.15, 0.2) is 5.82 Å². The van der Waals surface area contributed by atoms with E-state index in [2.05, 4.69) is 10.1 Å². The summed E-state index contributed by atoms with van der Waals surface area (Å²) in [6.45, 7) is 2.05. The second kappa shape index (κ2) is 6.01. The van der Waals surface area contributed by atoms with Crippen LogP contribution in [0.5, 0.6) is 0 Å². The topological polar surface area (TPSA) is 64.9 Å². The van der Waals surface area contributed by atoms with Gasteiger partial charge in [-0.1, -0.05) is 22.9 Å². The lowest BCUT2D eigenvalue weighted by Gasteiger charge is -1.98. The average Bonchev–Trinajstić information content (AvgIpc) is 2.96. The van der Waals surface area contributed by atoms with E-state index in [0.717, 1.165) is 16.1 Å². The molecule has 0 saturated heterocycles. The zero-order valence-electron chi connectivity index (χ0n) is 11.6. The zero-order valence-corrected chi connectivity index (χ0v) is 12.4. The predicted octanol–water partition coefficient (Wildman–Crippen LogP) is 3.92. The van der Waals surface area contributed by atoms with Crippen molar-refractivity contribution in [3.05, 3.63) is 59.9 Å². The highest BCUT2D eigenvalue weighted by Crippen LogP contribution is 2.24. The summed E-state index contributed by atoms with van der Waals surface area (Å²) in [7, 11) is 0. The summed E-state index contributed by atoms with van der Waals surface area (Å²) in [5, 5.41) is 4.02. The van der Waals surface area contributed by atoms with Crippen LogP contribution in [0, 0.1) is 6.92 Å². The van der Waals surface area contributed by atoms with E-state index in [1.54, 1.807) is 11.8 Å². The van der Waals surface area contributed by atoms with Crippen molar-refractivity contribution < 1.29 is 4.52 Å². The molecule has 0 unspecified atom stereocenters. The van der Waals surface area contributed by atoms with Crippen LogP contribution in [0.1, 0.15) is 11.4 Å². The first-order chi connectivity index (χ1) is 10.2. The smallest absolute Gasteiger partial charge is 0.257 e. The minimum absolute atomic E-state index is 0.558. The number of aryl methyl sites for hydroxylation is 1. The van der Waals surface area contributed by atoms with E-state index in [4.69, 9.17) is 10.3 Å². The lowest BCUT2D eigenvalue weighted by Crippen LogP contribution is -1.86. The van der Waals surface area contributed by atoms with Crippen LogP contribution in [-0.2, 0) is 5.75 Å². The van der Waals surface area contributed by atoms with Crippen LogP contribution in [0.15, 0.2) is 57.9 Å². The van der Waals surface area contributed by atoms with Gasteiger partial charge in [-0.25, -0.2) is 0 Å². The van der Waals surface area contributed by atoms with Crippen molar-refractivity contribution in [2.45, 2.75) is 17.6 Å². The third kappa shape index (κ3) is 3.44. The minimum Gasteiger partial charge on any atom is -0.399 e. The summed E-state index contributed by atoms with van der Waals surface area (Å²) in [5.74, 6) is 1.91.